The van der Waals surface area contributed by atoms with Gasteiger partial charge in [0, 0.05) is 4.47 Å². The van der Waals surface area contributed by atoms with Gasteiger partial charge in [-0.1, -0.05) is 15.9 Å². The molecule has 3 rings (SSSR count). The molecule has 6 nitrogen and oxygen atoms in total. The maximum Gasteiger partial charge on any atom is 0.275 e. The van der Waals surface area contributed by atoms with Gasteiger partial charge in [-0.2, -0.15) is 9.94 Å². The van der Waals surface area contributed by atoms with Crippen molar-refractivity contribution in [2.45, 2.75) is 18.9 Å². The van der Waals surface area contributed by atoms with Gasteiger partial charge in [0.1, 0.15) is 23.7 Å². The second kappa shape index (κ2) is 8.43. The summed E-state index contributed by atoms with van der Waals surface area (Å²) in [6.45, 7) is 1.64. The Kier molecular flexibility index (Phi) is 6.53. The number of nitrogens with one attached hydrogen (secondary N) is 1. The van der Waals surface area contributed by atoms with Gasteiger partial charge in [-0.3, -0.25) is 4.79 Å². The minimum Gasteiger partial charge on any atom is -0.487 e. The summed E-state index contributed by atoms with van der Waals surface area (Å²) in [4.78, 5) is 12.3. The van der Waals surface area contributed by atoms with Crippen LogP contribution in [0.3, 0.4) is 0 Å². The van der Waals surface area contributed by atoms with E-state index in [1.165, 1.54) is 18.2 Å². The summed E-state index contributed by atoms with van der Waals surface area (Å²) in [5.41, 5.74) is -0.622. The van der Waals surface area contributed by atoms with Crippen LogP contribution in [0.4, 0.5) is 4.39 Å². The fourth-order valence-corrected chi connectivity index (χ4v) is 2.86. The van der Waals surface area contributed by atoms with Gasteiger partial charge in [-0.05, 0) is 44.1 Å². The largest absolute Gasteiger partial charge is 0.487 e. The lowest BCUT2D eigenvalue weighted by molar-refractivity contribution is 0.160. The third-order valence-electron chi connectivity index (χ3n) is 3.72. The first kappa shape index (κ1) is 19.4. The lowest BCUT2D eigenvalue weighted by Gasteiger charge is -2.24. The molecule has 0 spiro atoms. The molecule has 2 aromatic rings. The molecule has 2 heterocycles. The summed E-state index contributed by atoms with van der Waals surface area (Å²) in [7, 11) is 0. The van der Waals surface area contributed by atoms with Gasteiger partial charge in [0.15, 0.2) is 5.75 Å². The molecule has 0 aliphatic carbocycles. The number of halogens is 3. The molecule has 0 radical (unpaired) electrons. The van der Waals surface area contributed by atoms with E-state index in [1.807, 2.05) is 6.07 Å². The van der Waals surface area contributed by atoms with Crippen LogP contribution >= 0.6 is 28.3 Å². The molecule has 132 valence electrons. The number of nitriles is 1. The zero-order valence-corrected chi connectivity index (χ0v) is 15.4. The van der Waals surface area contributed by atoms with Crippen molar-refractivity contribution >= 4 is 28.3 Å². The predicted octanol–water partition coefficient (Wildman–Crippen LogP) is 2.56. The molecule has 1 fully saturated rings. The van der Waals surface area contributed by atoms with Gasteiger partial charge in [-0.15, -0.1) is 17.5 Å². The van der Waals surface area contributed by atoms with E-state index in [1.54, 1.807) is 6.07 Å². The van der Waals surface area contributed by atoms with Crippen LogP contribution in [0, 0.1) is 17.1 Å². The highest BCUT2D eigenvalue weighted by Crippen LogP contribution is 2.21. The second-order valence-corrected chi connectivity index (χ2v) is 6.30. The van der Waals surface area contributed by atoms with Gasteiger partial charge in [-0.25, -0.2) is 4.39 Å². The van der Waals surface area contributed by atoms with E-state index in [0.29, 0.717) is 4.47 Å². The Balaban J connectivity index is 0.00000225. The van der Waals surface area contributed by atoms with Crippen molar-refractivity contribution in [3.63, 3.8) is 0 Å². The van der Waals surface area contributed by atoms with Crippen molar-refractivity contribution in [1.82, 2.24) is 15.1 Å². The molecule has 0 atom stereocenters. The molecular formula is C16H15BrClFN4O2. The van der Waals surface area contributed by atoms with Crippen molar-refractivity contribution in [2.24, 2.45) is 0 Å². The molecular weight excluding hydrogens is 415 g/mol. The van der Waals surface area contributed by atoms with Gasteiger partial charge in [0.2, 0.25) is 5.69 Å². The number of aromatic nitrogens is 2. The Hall–Kier alpha value is -1.95. The quantitative estimate of drug-likeness (QED) is 0.811. The standard InChI is InChI=1S/C16H14BrFN4O2.ClH/c17-10-1-2-14(12(18)7-10)22-16(23)8-15(13(9-19)21-22)24-11-3-5-20-6-4-11;/h1-2,7-8,11,20H,3-6H2;1H. The molecule has 0 saturated carbocycles. The van der Waals surface area contributed by atoms with Gasteiger partial charge in [0.05, 0.1) is 6.07 Å². The van der Waals surface area contributed by atoms with E-state index >= 15 is 0 Å². The molecule has 9 heteroatoms. The summed E-state index contributed by atoms with van der Waals surface area (Å²) in [5.74, 6) is -0.474. The molecule has 1 aromatic heterocycles. The van der Waals surface area contributed by atoms with Crippen molar-refractivity contribution in [3.8, 4) is 17.5 Å². The van der Waals surface area contributed by atoms with Crippen LogP contribution in [0.25, 0.3) is 5.69 Å². The maximum absolute atomic E-state index is 14.1. The fourth-order valence-electron chi connectivity index (χ4n) is 2.53. The van der Waals surface area contributed by atoms with Crippen LogP contribution in [0.5, 0.6) is 5.75 Å². The highest BCUT2D eigenvalue weighted by molar-refractivity contribution is 9.10. The Morgan fingerprint density at radius 2 is 2.08 bits per heavy atom. The first-order valence-electron chi connectivity index (χ1n) is 7.46. The molecule has 0 amide bonds. The van der Waals surface area contributed by atoms with Crippen LogP contribution < -0.4 is 15.6 Å². The van der Waals surface area contributed by atoms with Crippen LogP contribution in [0.15, 0.2) is 33.5 Å². The van der Waals surface area contributed by atoms with Crippen LogP contribution in [0.1, 0.15) is 18.5 Å². The monoisotopic (exact) mass is 428 g/mol. The van der Waals surface area contributed by atoms with Gasteiger partial charge >= 0.3 is 0 Å². The number of hydrogen-bond acceptors (Lipinski definition) is 5. The van der Waals surface area contributed by atoms with Crippen molar-refractivity contribution in [3.05, 3.63) is 50.6 Å². The highest BCUT2D eigenvalue weighted by Gasteiger charge is 2.19. The average Bonchev–Trinajstić information content (AvgIpc) is 2.57. The van der Waals surface area contributed by atoms with E-state index < -0.39 is 11.4 Å². The van der Waals surface area contributed by atoms with E-state index in [9.17, 15) is 14.4 Å². The number of piperidine rings is 1. The third kappa shape index (κ3) is 4.37. The summed E-state index contributed by atoms with van der Waals surface area (Å²) < 4.78 is 21.2. The first-order valence-corrected chi connectivity index (χ1v) is 8.25. The minimum absolute atomic E-state index is 0. The van der Waals surface area contributed by atoms with E-state index in [-0.39, 0.29) is 35.6 Å². The molecule has 0 bridgehead atoms. The van der Waals surface area contributed by atoms with Crippen molar-refractivity contribution < 1.29 is 9.13 Å². The Labute approximate surface area is 158 Å². The Morgan fingerprint density at radius 3 is 2.72 bits per heavy atom. The summed E-state index contributed by atoms with van der Waals surface area (Å²) in [6.07, 6.45) is 1.50. The second-order valence-electron chi connectivity index (χ2n) is 5.38. The first-order chi connectivity index (χ1) is 11.6. The summed E-state index contributed by atoms with van der Waals surface area (Å²) >= 11 is 3.16. The fraction of sp³-hybridized carbons (Fsp3) is 0.312. The SMILES string of the molecule is Cl.N#Cc1nn(-c2ccc(Br)cc2F)c(=O)cc1OC1CCNCC1. The zero-order valence-electron chi connectivity index (χ0n) is 13.0. The molecule has 1 N–H and O–H groups in total. The zero-order chi connectivity index (χ0) is 17.1. The molecule has 25 heavy (non-hydrogen) atoms. The number of ether oxygens (including phenoxy) is 1. The number of rotatable bonds is 3. The molecule has 1 saturated heterocycles. The number of nitrogens with zero attached hydrogens (tertiary/aromatic N) is 3. The van der Waals surface area contributed by atoms with Gasteiger partial charge in [0.25, 0.3) is 5.56 Å². The number of hydrogen-bond donors (Lipinski definition) is 1. The van der Waals surface area contributed by atoms with Gasteiger partial charge < -0.3 is 10.1 Å². The van der Waals surface area contributed by atoms with E-state index in [2.05, 4.69) is 26.3 Å². The Bertz CT molecular complexity index is 862. The molecule has 0 unspecified atom stereocenters. The summed E-state index contributed by atoms with van der Waals surface area (Å²) in [5, 5.41) is 16.5. The molecule has 1 aliphatic rings. The third-order valence-corrected chi connectivity index (χ3v) is 4.21. The van der Waals surface area contributed by atoms with Crippen LogP contribution in [-0.2, 0) is 0 Å². The van der Waals surface area contributed by atoms with Crippen LogP contribution in [-0.4, -0.2) is 29.0 Å². The van der Waals surface area contributed by atoms with Crippen LogP contribution in [0.2, 0.25) is 0 Å². The smallest absolute Gasteiger partial charge is 0.275 e. The lowest BCUT2D eigenvalue weighted by atomic mass is 10.1. The maximum atomic E-state index is 14.1. The van der Waals surface area contributed by atoms with E-state index in [0.717, 1.165) is 30.6 Å². The molecule has 1 aliphatic heterocycles. The number of benzene rings is 1. The minimum atomic E-state index is -0.616. The predicted molar refractivity (Wildman–Crippen MR) is 96.0 cm³/mol. The topological polar surface area (TPSA) is 79.9 Å². The van der Waals surface area contributed by atoms with Crippen molar-refractivity contribution in [1.29, 1.82) is 5.26 Å². The average molecular weight is 430 g/mol. The lowest BCUT2D eigenvalue weighted by Crippen LogP contribution is -2.34. The summed E-state index contributed by atoms with van der Waals surface area (Å²) in [6, 6.07) is 7.35. The normalized spacial score (nSPS) is 14.4. The Morgan fingerprint density at radius 1 is 1.36 bits per heavy atom. The van der Waals surface area contributed by atoms with Crippen molar-refractivity contribution in [2.75, 3.05) is 13.1 Å². The highest BCUT2D eigenvalue weighted by atomic mass is 79.9. The van der Waals surface area contributed by atoms with E-state index in [4.69, 9.17) is 4.74 Å². The molecule has 1 aromatic carbocycles.